The molecule has 2 N–H and O–H groups in total. The highest BCUT2D eigenvalue weighted by atomic mass is 79.9. The molecule has 1 aromatic carbocycles. The number of benzene rings is 1. The van der Waals surface area contributed by atoms with Gasteiger partial charge >= 0.3 is 0 Å². The first-order chi connectivity index (χ1) is 8.97. The molecule has 0 radical (unpaired) electrons. The van der Waals surface area contributed by atoms with Gasteiger partial charge in [-0.2, -0.15) is 5.10 Å². The van der Waals surface area contributed by atoms with Crippen molar-refractivity contribution < 1.29 is 0 Å². The first kappa shape index (κ1) is 14.3. The molecule has 0 aliphatic rings. The van der Waals surface area contributed by atoms with E-state index in [1.165, 1.54) is 22.3 Å². The van der Waals surface area contributed by atoms with Crippen molar-refractivity contribution in [2.75, 3.05) is 6.54 Å². The van der Waals surface area contributed by atoms with Crippen LogP contribution in [0.1, 0.15) is 22.4 Å². The summed E-state index contributed by atoms with van der Waals surface area (Å²) in [5.41, 5.74) is 13.0. The maximum atomic E-state index is 5.63. The summed E-state index contributed by atoms with van der Waals surface area (Å²) >= 11 is 3.68. The summed E-state index contributed by atoms with van der Waals surface area (Å²) in [6, 6.07) is 4.34. The molecule has 0 spiro atoms. The van der Waals surface area contributed by atoms with E-state index in [4.69, 9.17) is 5.73 Å². The fraction of sp³-hybridized carbons (Fsp3) is 0.400. The van der Waals surface area contributed by atoms with Crippen LogP contribution in [0.5, 0.6) is 0 Å². The van der Waals surface area contributed by atoms with E-state index in [2.05, 4.69) is 53.9 Å². The maximum Gasteiger partial charge on any atom is 0.0826 e. The number of nitrogens with zero attached hydrogens (tertiary/aromatic N) is 2. The lowest BCUT2D eigenvalue weighted by Gasteiger charge is -2.12. The van der Waals surface area contributed by atoms with Gasteiger partial charge in [-0.25, -0.2) is 0 Å². The fourth-order valence-corrected chi connectivity index (χ4v) is 3.10. The van der Waals surface area contributed by atoms with E-state index in [-0.39, 0.29) is 0 Å². The van der Waals surface area contributed by atoms with Crippen molar-refractivity contribution in [2.45, 2.75) is 27.2 Å². The molecule has 19 heavy (non-hydrogen) atoms. The van der Waals surface area contributed by atoms with Gasteiger partial charge in [0.1, 0.15) is 0 Å². The van der Waals surface area contributed by atoms with Crippen LogP contribution in [0.2, 0.25) is 0 Å². The summed E-state index contributed by atoms with van der Waals surface area (Å²) in [4.78, 5) is 0. The number of halogens is 1. The van der Waals surface area contributed by atoms with Gasteiger partial charge in [0, 0.05) is 19.0 Å². The number of hydrogen-bond acceptors (Lipinski definition) is 2. The van der Waals surface area contributed by atoms with Crippen LogP contribution in [0.3, 0.4) is 0 Å². The molecule has 1 heterocycles. The van der Waals surface area contributed by atoms with E-state index < -0.39 is 0 Å². The van der Waals surface area contributed by atoms with E-state index >= 15 is 0 Å². The van der Waals surface area contributed by atoms with Gasteiger partial charge in [0.15, 0.2) is 0 Å². The first-order valence-corrected chi connectivity index (χ1v) is 7.25. The third kappa shape index (κ3) is 2.47. The summed E-state index contributed by atoms with van der Waals surface area (Å²) in [7, 11) is 1.98. The van der Waals surface area contributed by atoms with Gasteiger partial charge in [-0.05, 0) is 59.9 Å². The van der Waals surface area contributed by atoms with Crippen molar-refractivity contribution in [3.05, 3.63) is 39.0 Å². The number of rotatable bonds is 3. The Morgan fingerprint density at radius 3 is 2.53 bits per heavy atom. The number of aryl methyl sites for hydroxylation is 2. The van der Waals surface area contributed by atoms with Crippen LogP contribution < -0.4 is 5.73 Å². The van der Waals surface area contributed by atoms with Crippen molar-refractivity contribution in [2.24, 2.45) is 12.8 Å². The Morgan fingerprint density at radius 1 is 1.21 bits per heavy atom. The zero-order valence-electron chi connectivity index (χ0n) is 11.9. The molecular formula is C15H20BrN3. The van der Waals surface area contributed by atoms with Gasteiger partial charge in [0.2, 0.25) is 0 Å². The quantitative estimate of drug-likeness (QED) is 0.942. The van der Waals surface area contributed by atoms with E-state index in [0.29, 0.717) is 6.54 Å². The van der Waals surface area contributed by atoms with Crippen molar-refractivity contribution in [3.63, 3.8) is 0 Å². The monoisotopic (exact) mass is 321 g/mol. The van der Waals surface area contributed by atoms with Crippen molar-refractivity contribution in [1.82, 2.24) is 9.78 Å². The standard InChI is InChI=1S/C15H20BrN3/c1-9-5-6-12(11(3)10(9)2)15-14(16)13(7-8-17)18-19(15)4/h5-6H,7-8,17H2,1-4H3. The van der Waals surface area contributed by atoms with E-state index in [0.717, 1.165) is 22.3 Å². The molecule has 0 aliphatic carbocycles. The average Bonchev–Trinajstić information content (AvgIpc) is 2.64. The highest BCUT2D eigenvalue weighted by Gasteiger charge is 2.17. The predicted molar refractivity (Wildman–Crippen MR) is 83.3 cm³/mol. The van der Waals surface area contributed by atoms with Crippen molar-refractivity contribution in [1.29, 1.82) is 0 Å². The molecular weight excluding hydrogens is 302 g/mol. The molecule has 2 aromatic rings. The molecule has 0 saturated carbocycles. The lowest BCUT2D eigenvalue weighted by molar-refractivity contribution is 0.745. The van der Waals surface area contributed by atoms with Crippen LogP contribution in [0, 0.1) is 20.8 Å². The molecule has 0 atom stereocenters. The molecule has 2 rings (SSSR count). The summed E-state index contributed by atoms with van der Waals surface area (Å²) < 4.78 is 3.00. The summed E-state index contributed by atoms with van der Waals surface area (Å²) in [5, 5.41) is 4.56. The molecule has 102 valence electrons. The average molecular weight is 322 g/mol. The van der Waals surface area contributed by atoms with Crippen LogP contribution in [-0.4, -0.2) is 16.3 Å². The molecule has 0 saturated heterocycles. The van der Waals surface area contributed by atoms with Gasteiger partial charge in [-0.3, -0.25) is 4.68 Å². The van der Waals surface area contributed by atoms with Crippen LogP contribution >= 0.6 is 15.9 Å². The van der Waals surface area contributed by atoms with Gasteiger partial charge in [0.05, 0.1) is 15.9 Å². The SMILES string of the molecule is Cc1ccc(-c2c(Br)c(CCN)nn2C)c(C)c1C. The second-order valence-corrected chi connectivity index (χ2v) is 5.74. The second kappa shape index (κ2) is 5.47. The third-order valence-electron chi connectivity index (χ3n) is 3.75. The Kier molecular flexibility index (Phi) is 4.11. The minimum Gasteiger partial charge on any atom is -0.330 e. The molecule has 0 aliphatic heterocycles. The molecule has 0 fully saturated rings. The molecule has 1 aromatic heterocycles. The van der Waals surface area contributed by atoms with E-state index in [9.17, 15) is 0 Å². The van der Waals surface area contributed by atoms with Gasteiger partial charge in [-0.15, -0.1) is 0 Å². The topological polar surface area (TPSA) is 43.8 Å². The lowest BCUT2D eigenvalue weighted by atomic mass is 9.97. The number of nitrogens with two attached hydrogens (primary N) is 1. The van der Waals surface area contributed by atoms with Gasteiger partial charge < -0.3 is 5.73 Å². The molecule has 4 heteroatoms. The van der Waals surface area contributed by atoms with Crippen LogP contribution in [0.25, 0.3) is 11.3 Å². The van der Waals surface area contributed by atoms with Crippen LogP contribution in [0.4, 0.5) is 0 Å². The normalized spacial score (nSPS) is 11.1. The molecule has 0 unspecified atom stereocenters. The molecule has 0 bridgehead atoms. The van der Waals surface area contributed by atoms with Gasteiger partial charge in [0.25, 0.3) is 0 Å². The van der Waals surface area contributed by atoms with E-state index in [1.807, 2.05) is 11.7 Å². The fourth-order valence-electron chi connectivity index (χ4n) is 2.36. The Hall–Kier alpha value is -1.13. The molecule has 3 nitrogen and oxygen atoms in total. The largest absolute Gasteiger partial charge is 0.330 e. The summed E-state index contributed by atoms with van der Waals surface area (Å²) in [6.07, 6.45) is 0.790. The smallest absolute Gasteiger partial charge is 0.0826 e. The minimum atomic E-state index is 0.612. The number of aromatic nitrogens is 2. The van der Waals surface area contributed by atoms with Crippen LogP contribution in [0.15, 0.2) is 16.6 Å². The number of hydrogen-bond donors (Lipinski definition) is 1. The Balaban J connectivity index is 2.63. The highest BCUT2D eigenvalue weighted by Crippen LogP contribution is 2.34. The second-order valence-electron chi connectivity index (χ2n) is 4.95. The zero-order valence-corrected chi connectivity index (χ0v) is 13.5. The lowest BCUT2D eigenvalue weighted by Crippen LogP contribution is -2.04. The van der Waals surface area contributed by atoms with Crippen molar-refractivity contribution >= 4 is 15.9 Å². The summed E-state index contributed by atoms with van der Waals surface area (Å²) in [5.74, 6) is 0. The summed E-state index contributed by atoms with van der Waals surface area (Å²) in [6.45, 7) is 7.09. The predicted octanol–water partition coefficient (Wildman–Crippen LogP) is 3.28. The zero-order chi connectivity index (χ0) is 14.2. The van der Waals surface area contributed by atoms with Crippen molar-refractivity contribution in [3.8, 4) is 11.3 Å². The first-order valence-electron chi connectivity index (χ1n) is 6.46. The Bertz CT molecular complexity index is 614. The van der Waals surface area contributed by atoms with E-state index in [1.54, 1.807) is 0 Å². The van der Waals surface area contributed by atoms with Crippen LogP contribution in [-0.2, 0) is 13.5 Å². The highest BCUT2D eigenvalue weighted by molar-refractivity contribution is 9.10. The Labute approximate surface area is 122 Å². The Morgan fingerprint density at radius 2 is 1.89 bits per heavy atom. The minimum absolute atomic E-state index is 0.612. The third-order valence-corrected chi connectivity index (χ3v) is 4.58. The molecule has 0 amide bonds. The maximum absolute atomic E-state index is 5.63. The van der Waals surface area contributed by atoms with Gasteiger partial charge in [-0.1, -0.05) is 12.1 Å².